The molecule has 1 aromatic carbocycles. The maximum absolute atomic E-state index is 13.2. The van der Waals surface area contributed by atoms with E-state index in [9.17, 15) is 22.8 Å². The Kier molecular flexibility index (Phi) is 10.1. The number of amides is 2. The van der Waals surface area contributed by atoms with Gasteiger partial charge in [0.15, 0.2) is 0 Å². The van der Waals surface area contributed by atoms with Gasteiger partial charge < -0.3 is 24.4 Å². The number of alkyl halides is 3. The Labute approximate surface area is 198 Å². The number of nitrogens with zero attached hydrogens (tertiary/aromatic N) is 2. The predicted octanol–water partition coefficient (Wildman–Crippen LogP) is 3.03. The molecule has 1 aliphatic rings. The van der Waals surface area contributed by atoms with Crippen molar-refractivity contribution in [3.8, 4) is 5.75 Å². The largest absolute Gasteiger partial charge is 0.491 e. The Balaban J connectivity index is 2.37. The molecule has 34 heavy (non-hydrogen) atoms. The number of hydrogen-bond donors (Lipinski definition) is 1. The van der Waals surface area contributed by atoms with Gasteiger partial charge in [0.05, 0.1) is 18.1 Å². The summed E-state index contributed by atoms with van der Waals surface area (Å²) in [6, 6.07) is 4.31. The van der Waals surface area contributed by atoms with E-state index < -0.39 is 12.6 Å². The fraction of sp³-hybridized carbons (Fsp3) is 0.652. The van der Waals surface area contributed by atoms with Crippen LogP contribution in [0, 0.1) is 5.92 Å². The lowest BCUT2D eigenvalue weighted by Gasteiger charge is -2.36. The Morgan fingerprint density at radius 3 is 2.56 bits per heavy atom. The molecule has 11 heteroatoms. The molecule has 1 aliphatic heterocycles. The standard InChI is InChI=1S/C23H34F3N3O5/c1-15-11-29(9-8-23(24,25)26)16(2)13-34-19-10-17(27-21(30)14-32-4)6-7-18(19)22(31)28(3)12-20(15)33-5/h6-7,10,15-16,20H,8-9,11-14H2,1-5H3,(H,27,30)/t15-,16-,20-/m0/s1. The third kappa shape index (κ3) is 8.14. The second kappa shape index (κ2) is 12.4. The monoisotopic (exact) mass is 489 g/mol. The Hall–Kier alpha value is -2.37. The van der Waals surface area contributed by atoms with Gasteiger partial charge in [-0.25, -0.2) is 0 Å². The highest BCUT2D eigenvalue weighted by molar-refractivity contribution is 5.98. The summed E-state index contributed by atoms with van der Waals surface area (Å²) in [6.45, 7) is 4.03. The van der Waals surface area contributed by atoms with Crippen LogP contribution in [0.2, 0.25) is 0 Å². The number of ether oxygens (including phenoxy) is 3. The molecule has 0 bridgehead atoms. The van der Waals surface area contributed by atoms with Gasteiger partial charge in [0.1, 0.15) is 19.0 Å². The van der Waals surface area contributed by atoms with Gasteiger partial charge in [0.25, 0.3) is 5.91 Å². The second-order valence-corrected chi connectivity index (χ2v) is 8.65. The summed E-state index contributed by atoms with van der Waals surface area (Å²) in [6.07, 6.45) is -5.58. The van der Waals surface area contributed by atoms with E-state index in [1.165, 1.54) is 25.2 Å². The van der Waals surface area contributed by atoms with Crippen molar-refractivity contribution in [2.45, 2.75) is 38.6 Å². The minimum Gasteiger partial charge on any atom is -0.491 e. The molecule has 0 unspecified atom stereocenters. The molecule has 192 valence electrons. The van der Waals surface area contributed by atoms with Crippen molar-refractivity contribution >= 4 is 17.5 Å². The van der Waals surface area contributed by atoms with E-state index in [4.69, 9.17) is 14.2 Å². The quantitative estimate of drug-likeness (QED) is 0.662. The van der Waals surface area contributed by atoms with E-state index in [-0.39, 0.29) is 67.5 Å². The highest BCUT2D eigenvalue weighted by Crippen LogP contribution is 2.27. The first-order chi connectivity index (χ1) is 15.9. The van der Waals surface area contributed by atoms with Crippen molar-refractivity contribution in [2.75, 3.05) is 59.4 Å². The van der Waals surface area contributed by atoms with Crippen molar-refractivity contribution in [2.24, 2.45) is 5.92 Å². The summed E-state index contributed by atoms with van der Waals surface area (Å²) >= 11 is 0. The molecule has 0 fully saturated rings. The van der Waals surface area contributed by atoms with Gasteiger partial charge in [-0.2, -0.15) is 13.2 Å². The maximum atomic E-state index is 13.2. The van der Waals surface area contributed by atoms with Gasteiger partial charge in [-0.3, -0.25) is 14.5 Å². The smallest absolute Gasteiger partial charge is 0.390 e. The van der Waals surface area contributed by atoms with Crippen LogP contribution < -0.4 is 10.1 Å². The summed E-state index contributed by atoms with van der Waals surface area (Å²) in [4.78, 5) is 28.3. The number of hydrogen-bond acceptors (Lipinski definition) is 6. The third-order valence-electron chi connectivity index (χ3n) is 5.82. The lowest BCUT2D eigenvalue weighted by Crippen LogP contribution is -2.47. The summed E-state index contributed by atoms with van der Waals surface area (Å²) in [5, 5.41) is 2.66. The molecule has 2 amide bonds. The molecular formula is C23H34F3N3O5. The fourth-order valence-corrected chi connectivity index (χ4v) is 3.83. The Morgan fingerprint density at radius 2 is 1.94 bits per heavy atom. The summed E-state index contributed by atoms with van der Waals surface area (Å²) in [7, 11) is 4.56. The first-order valence-electron chi connectivity index (χ1n) is 11.1. The van der Waals surface area contributed by atoms with Gasteiger partial charge >= 0.3 is 6.18 Å². The number of rotatable bonds is 6. The summed E-state index contributed by atoms with van der Waals surface area (Å²) in [5.74, 6) is -0.561. The van der Waals surface area contributed by atoms with Gasteiger partial charge in [-0.15, -0.1) is 0 Å². The average molecular weight is 490 g/mol. The lowest BCUT2D eigenvalue weighted by atomic mass is 10.0. The van der Waals surface area contributed by atoms with Crippen LogP contribution >= 0.6 is 0 Å². The first kappa shape index (κ1) is 27.9. The third-order valence-corrected chi connectivity index (χ3v) is 5.82. The zero-order valence-electron chi connectivity index (χ0n) is 20.3. The van der Waals surface area contributed by atoms with Crippen molar-refractivity contribution in [3.05, 3.63) is 23.8 Å². The second-order valence-electron chi connectivity index (χ2n) is 8.65. The molecule has 3 atom stereocenters. The van der Waals surface area contributed by atoms with Crippen LogP contribution in [0.1, 0.15) is 30.6 Å². The van der Waals surface area contributed by atoms with Crippen molar-refractivity contribution < 1.29 is 37.0 Å². The highest BCUT2D eigenvalue weighted by Gasteiger charge is 2.32. The molecule has 0 spiro atoms. The fourth-order valence-electron chi connectivity index (χ4n) is 3.83. The van der Waals surface area contributed by atoms with Gasteiger partial charge in [-0.05, 0) is 25.0 Å². The zero-order valence-corrected chi connectivity index (χ0v) is 20.3. The van der Waals surface area contributed by atoms with Gasteiger partial charge in [0, 0.05) is 58.7 Å². The highest BCUT2D eigenvalue weighted by atomic mass is 19.4. The molecule has 0 aromatic heterocycles. The van der Waals surface area contributed by atoms with Crippen LogP contribution in [0.4, 0.5) is 18.9 Å². The van der Waals surface area contributed by atoms with Gasteiger partial charge in [0.2, 0.25) is 5.91 Å². The van der Waals surface area contributed by atoms with Crippen molar-refractivity contribution in [1.82, 2.24) is 9.80 Å². The predicted molar refractivity (Wildman–Crippen MR) is 121 cm³/mol. The van der Waals surface area contributed by atoms with Crippen molar-refractivity contribution in [3.63, 3.8) is 0 Å². The zero-order chi connectivity index (χ0) is 25.5. The SMILES string of the molecule is COCC(=O)Nc1ccc2c(c1)OC[C@H](C)N(CCC(F)(F)F)C[C@H](C)[C@@H](OC)CN(C)C2=O. The molecular weight excluding hydrogens is 455 g/mol. The molecule has 1 aromatic rings. The number of nitrogens with one attached hydrogen (secondary N) is 1. The number of carbonyl (C=O) groups excluding carboxylic acids is 2. The minimum absolute atomic E-state index is 0.0572. The summed E-state index contributed by atoms with van der Waals surface area (Å²) in [5.41, 5.74) is 0.692. The molecule has 0 saturated heterocycles. The van der Waals surface area contributed by atoms with Crippen LogP contribution in [0.15, 0.2) is 18.2 Å². The average Bonchev–Trinajstić information content (AvgIpc) is 2.76. The first-order valence-corrected chi connectivity index (χ1v) is 11.1. The number of halogens is 3. The van der Waals surface area contributed by atoms with E-state index in [1.54, 1.807) is 31.0 Å². The van der Waals surface area contributed by atoms with Crippen molar-refractivity contribution in [1.29, 1.82) is 0 Å². The Bertz CT molecular complexity index is 837. The molecule has 1 N–H and O–H groups in total. The number of likely N-dealkylation sites (N-methyl/N-ethyl adjacent to an activating group) is 1. The lowest BCUT2D eigenvalue weighted by molar-refractivity contribution is -0.140. The van der Waals surface area contributed by atoms with Crippen LogP contribution in [0.3, 0.4) is 0 Å². The van der Waals surface area contributed by atoms with E-state index in [0.29, 0.717) is 12.2 Å². The van der Waals surface area contributed by atoms with Gasteiger partial charge in [-0.1, -0.05) is 6.92 Å². The number of fused-ring (bicyclic) bond motifs is 1. The van der Waals surface area contributed by atoms with Crippen LogP contribution in [-0.4, -0.2) is 94.1 Å². The van der Waals surface area contributed by atoms with Crippen LogP contribution in [0.25, 0.3) is 0 Å². The van der Waals surface area contributed by atoms with Crippen LogP contribution in [0.5, 0.6) is 5.75 Å². The summed E-state index contributed by atoms with van der Waals surface area (Å²) < 4.78 is 55.2. The topological polar surface area (TPSA) is 80.3 Å². The minimum atomic E-state index is -4.28. The number of benzene rings is 1. The van der Waals surface area contributed by atoms with E-state index >= 15 is 0 Å². The molecule has 1 heterocycles. The van der Waals surface area contributed by atoms with E-state index in [1.807, 2.05) is 6.92 Å². The van der Waals surface area contributed by atoms with E-state index in [2.05, 4.69) is 5.32 Å². The molecule has 2 rings (SSSR count). The maximum Gasteiger partial charge on any atom is 0.390 e. The number of carbonyl (C=O) groups is 2. The molecule has 0 saturated carbocycles. The Morgan fingerprint density at radius 1 is 1.24 bits per heavy atom. The van der Waals surface area contributed by atoms with Crippen LogP contribution in [-0.2, 0) is 14.3 Å². The molecule has 0 radical (unpaired) electrons. The number of anilines is 1. The van der Waals surface area contributed by atoms with E-state index in [0.717, 1.165) is 0 Å². The normalized spacial score (nSPS) is 22.9. The number of methoxy groups -OCH3 is 2. The molecule has 0 aliphatic carbocycles. The molecule has 8 nitrogen and oxygen atoms in total.